The van der Waals surface area contributed by atoms with Gasteiger partial charge in [-0.1, -0.05) is 41.9 Å². The molecule has 0 unspecified atom stereocenters. The minimum atomic E-state index is -0.572. The second-order valence-corrected chi connectivity index (χ2v) is 6.05. The average molecular weight is 382 g/mol. The fourth-order valence-corrected chi connectivity index (χ4v) is 2.72. The van der Waals surface area contributed by atoms with Crippen LogP contribution in [0.15, 0.2) is 54.6 Å². The Morgan fingerprint density at radius 3 is 2.59 bits per heavy atom. The van der Waals surface area contributed by atoms with Crippen LogP contribution in [-0.4, -0.2) is 22.4 Å². The molecule has 0 amide bonds. The molecule has 27 heavy (non-hydrogen) atoms. The summed E-state index contributed by atoms with van der Waals surface area (Å²) in [7, 11) is 0. The van der Waals surface area contributed by atoms with Gasteiger partial charge in [0.25, 0.3) is 0 Å². The van der Waals surface area contributed by atoms with Crippen LogP contribution in [0.25, 0.3) is 5.69 Å². The summed E-state index contributed by atoms with van der Waals surface area (Å²) in [5.74, 6) is -0.170. The molecular weight excluding hydrogens is 366 g/mol. The van der Waals surface area contributed by atoms with Gasteiger partial charge < -0.3 is 9.47 Å². The molecule has 0 bridgehead atoms. The van der Waals surface area contributed by atoms with Gasteiger partial charge in [0.1, 0.15) is 24.0 Å². The van der Waals surface area contributed by atoms with E-state index in [9.17, 15) is 10.1 Å². The number of rotatable bonds is 6. The van der Waals surface area contributed by atoms with Crippen LogP contribution in [0, 0.1) is 18.3 Å². The van der Waals surface area contributed by atoms with E-state index in [4.69, 9.17) is 21.1 Å². The first-order valence-electron chi connectivity index (χ1n) is 8.17. The quantitative estimate of drug-likeness (QED) is 0.606. The number of aromatic nitrogens is 2. The number of aryl methyl sites for hydroxylation is 1. The Labute approximate surface area is 161 Å². The van der Waals surface area contributed by atoms with Crippen molar-refractivity contribution in [2.24, 2.45) is 0 Å². The van der Waals surface area contributed by atoms with Crippen molar-refractivity contribution in [1.29, 1.82) is 5.26 Å². The van der Waals surface area contributed by atoms with Crippen molar-refractivity contribution >= 4 is 17.6 Å². The summed E-state index contributed by atoms with van der Waals surface area (Å²) >= 11 is 5.99. The lowest BCUT2D eigenvalue weighted by Crippen LogP contribution is -2.16. The van der Waals surface area contributed by atoms with Crippen molar-refractivity contribution < 1.29 is 14.3 Å². The van der Waals surface area contributed by atoms with E-state index in [2.05, 4.69) is 11.2 Å². The molecule has 3 rings (SSSR count). The minimum absolute atomic E-state index is 0.0939. The number of halogens is 1. The molecule has 0 atom stereocenters. The smallest absolute Gasteiger partial charge is 0.344 e. The van der Waals surface area contributed by atoms with E-state index in [0.29, 0.717) is 27.7 Å². The molecule has 0 aliphatic heterocycles. The molecule has 0 spiro atoms. The van der Waals surface area contributed by atoms with Gasteiger partial charge >= 0.3 is 5.97 Å². The summed E-state index contributed by atoms with van der Waals surface area (Å²) in [6, 6.07) is 18.3. The Bertz CT molecular complexity index is 993. The second kappa shape index (κ2) is 8.39. The molecule has 7 heteroatoms. The number of esters is 1. The second-order valence-electron chi connectivity index (χ2n) is 5.65. The maximum absolute atomic E-state index is 12.1. The number of carbonyl (C=O) groups excluding carboxylic acids is 1. The first kappa shape index (κ1) is 18.5. The zero-order chi connectivity index (χ0) is 19.2. The van der Waals surface area contributed by atoms with E-state index in [1.165, 1.54) is 0 Å². The van der Waals surface area contributed by atoms with E-state index < -0.39 is 5.97 Å². The van der Waals surface area contributed by atoms with Gasteiger partial charge in [0.2, 0.25) is 0 Å². The Morgan fingerprint density at radius 1 is 1.19 bits per heavy atom. The lowest BCUT2D eigenvalue weighted by atomic mass is 10.2. The summed E-state index contributed by atoms with van der Waals surface area (Å²) in [5, 5.41) is 14.2. The third-order valence-electron chi connectivity index (χ3n) is 3.82. The number of ether oxygens (including phenoxy) is 2. The van der Waals surface area contributed by atoms with Crippen molar-refractivity contribution in [3.8, 4) is 17.5 Å². The number of hydrogen-bond acceptors (Lipinski definition) is 5. The Kier molecular flexibility index (Phi) is 5.74. The summed E-state index contributed by atoms with van der Waals surface area (Å²) in [6.45, 7) is 1.36. The van der Waals surface area contributed by atoms with Crippen LogP contribution in [0.5, 0.6) is 5.75 Å². The largest absolute Gasteiger partial charge is 0.480 e. The normalized spacial score (nSPS) is 10.3. The lowest BCUT2D eigenvalue weighted by molar-refractivity contribution is -0.147. The van der Waals surface area contributed by atoms with Crippen LogP contribution in [0.1, 0.15) is 17.0 Å². The zero-order valence-corrected chi connectivity index (χ0v) is 15.3. The monoisotopic (exact) mass is 381 g/mol. The number of benzene rings is 2. The number of carbonyl (C=O) groups is 1. The standard InChI is InChI=1S/C20H16ClN3O3/c1-14-16(11-22)18(24(23-14)15-7-3-2-4-8-15)12-27-20(25)13-26-19-10-6-5-9-17(19)21/h2-10H,12-13H2,1H3. The van der Waals surface area contributed by atoms with Crippen LogP contribution in [-0.2, 0) is 16.1 Å². The van der Waals surface area contributed by atoms with Gasteiger partial charge in [-0.3, -0.25) is 0 Å². The third kappa shape index (κ3) is 4.27. The highest BCUT2D eigenvalue weighted by molar-refractivity contribution is 6.32. The first-order valence-corrected chi connectivity index (χ1v) is 8.55. The summed E-state index contributed by atoms with van der Waals surface area (Å²) in [4.78, 5) is 12.1. The molecule has 0 N–H and O–H groups in total. The molecule has 0 aliphatic carbocycles. The highest BCUT2D eigenvalue weighted by Crippen LogP contribution is 2.23. The van der Waals surface area contributed by atoms with Crippen LogP contribution >= 0.6 is 11.6 Å². The number of hydrogen-bond donors (Lipinski definition) is 0. The van der Waals surface area contributed by atoms with Crippen LogP contribution in [0.4, 0.5) is 0 Å². The van der Waals surface area contributed by atoms with Gasteiger partial charge in [-0.2, -0.15) is 10.4 Å². The topological polar surface area (TPSA) is 77.1 Å². The van der Waals surface area contributed by atoms with Crippen molar-refractivity contribution in [3.63, 3.8) is 0 Å². The molecule has 0 saturated carbocycles. The molecule has 6 nitrogen and oxygen atoms in total. The molecule has 0 aliphatic rings. The van der Waals surface area contributed by atoms with Gasteiger partial charge in [0, 0.05) is 0 Å². The highest BCUT2D eigenvalue weighted by atomic mass is 35.5. The van der Waals surface area contributed by atoms with Gasteiger partial charge in [0.15, 0.2) is 6.61 Å². The molecule has 0 fully saturated rings. The van der Waals surface area contributed by atoms with E-state index >= 15 is 0 Å². The van der Waals surface area contributed by atoms with Gasteiger partial charge in [-0.05, 0) is 31.2 Å². The third-order valence-corrected chi connectivity index (χ3v) is 4.13. The molecule has 1 heterocycles. The predicted molar refractivity (Wildman–Crippen MR) is 99.8 cm³/mol. The molecule has 1 aromatic heterocycles. The summed E-state index contributed by atoms with van der Waals surface area (Å²) < 4.78 is 12.3. The maximum atomic E-state index is 12.1. The van der Waals surface area contributed by atoms with Gasteiger partial charge in [-0.15, -0.1) is 0 Å². The van der Waals surface area contributed by atoms with Crippen LogP contribution < -0.4 is 4.74 Å². The average Bonchev–Trinajstić information content (AvgIpc) is 3.01. The lowest BCUT2D eigenvalue weighted by Gasteiger charge is -2.10. The first-order chi connectivity index (χ1) is 13.1. The molecule has 0 saturated heterocycles. The number of nitriles is 1. The Hall–Kier alpha value is -3.30. The Balaban J connectivity index is 1.71. The number of para-hydroxylation sites is 2. The zero-order valence-electron chi connectivity index (χ0n) is 14.6. The minimum Gasteiger partial charge on any atom is -0.480 e. The molecule has 136 valence electrons. The summed E-state index contributed by atoms with van der Waals surface area (Å²) in [6.07, 6.45) is 0. The van der Waals surface area contributed by atoms with E-state index in [0.717, 1.165) is 5.69 Å². The SMILES string of the molecule is Cc1nn(-c2ccccc2)c(COC(=O)COc2ccccc2Cl)c1C#N. The van der Waals surface area contributed by atoms with Gasteiger partial charge in [0.05, 0.1) is 22.1 Å². The van der Waals surface area contributed by atoms with Gasteiger partial charge in [-0.25, -0.2) is 9.48 Å². The Morgan fingerprint density at radius 2 is 1.89 bits per heavy atom. The molecule has 3 aromatic rings. The van der Waals surface area contributed by atoms with E-state index in [-0.39, 0.29) is 13.2 Å². The van der Waals surface area contributed by atoms with E-state index in [1.807, 2.05) is 30.3 Å². The van der Waals surface area contributed by atoms with Crippen molar-refractivity contribution in [2.45, 2.75) is 13.5 Å². The van der Waals surface area contributed by atoms with Crippen LogP contribution in [0.3, 0.4) is 0 Å². The molecular formula is C20H16ClN3O3. The van der Waals surface area contributed by atoms with Crippen molar-refractivity contribution in [3.05, 3.63) is 76.6 Å². The molecule has 0 radical (unpaired) electrons. The van der Waals surface area contributed by atoms with Crippen molar-refractivity contribution in [2.75, 3.05) is 6.61 Å². The summed E-state index contributed by atoms with van der Waals surface area (Å²) in [5.41, 5.74) is 2.24. The fraction of sp³-hybridized carbons (Fsp3) is 0.150. The number of nitrogens with zero attached hydrogens (tertiary/aromatic N) is 3. The molecule has 2 aromatic carbocycles. The van der Waals surface area contributed by atoms with Crippen molar-refractivity contribution in [1.82, 2.24) is 9.78 Å². The van der Waals surface area contributed by atoms with Crippen LogP contribution in [0.2, 0.25) is 5.02 Å². The maximum Gasteiger partial charge on any atom is 0.344 e. The highest BCUT2D eigenvalue weighted by Gasteiger charge is 2.18. The fourth-order valence-electron chi connectivity index (χ4n) is 2.53. The van der Waals surface area contributed by atoms with E-state index in [1.54, 1.807) is 35.9 Å². The predicted octanol–water partition coefficient (Wildman–Crippen LogP) is 3.83.